The van der Waals surface area contributed by atoms with Crippen molar-refractivity contribution in [1.82, 2.24) is 14.9 Å². The van der Waals surface area contributed by atoms with Gasteiger partial charge in [-0.2, -0.15) is 4.98 Å². The lowest BCUT2D eigenvalue weighted by Gasteiger charge is -2.34. The van der Waals surface area contributed by atoms with Crippen LogP contribution >= 0.6 is 33.8 Å². The Morgan fingerprint density at radius 3 is 2.19 bits per heavy atom. The number of anilines is 4. The van der Waals surface area contributed by atoms with E-state index < -0.39 is 0 Å². The highest BCUT2D eigenvalue weighted by Crippen LogP contribution is 2.59. The summed E-state index contributed by atoms with van der Waals surface area (Å²) in [6.07, 6.45) is 1.82. The Hall–Kier alpha value is -0.620. The van der Waals surface area contributed by atoms with Crippen molar-refractivity contribution in [3.8, 4) is 0 Å². The SMILES string of the molecule is CNc1nc(Nc2ccc(N3CCN(C)CC3)cc2)ncc1C.PP(P)P. The third kappa shape index (κ3) is 7.72. The number of aryl methyl sites for hydroxylation is 1. The van der Waals surface area contributed by atoms with Crippen molar-refractivity contribution in [2.45, 2.75) is 6.92 Å². The first kappa shape index (κ1) is 22.7. The quantitative estimate of drug-likeness (QED) is 0.694. The molecule has 3 unspecified atom stereocenters. The van der Waals surface area contributed by atoms with Crippen molar-refractivity contribution in [3.05, 3.63) is 36.0 Å². The molecule has 2 N–H and O–H groups in total. The second kappa shape index (κ2) is 11.4. The third-order valence-electron chi connectivity index (χ3n) is 4.20. The first-order valence-electron chi connectivity index (χ1n) is 8.75. The predicted octanol–water partition coefficient (Wildman–Crippen LogP) is 4.16. The number of nitrogens with one attached hydrogen (secondary N) is 2. The molecule has 2 aromatic rings. The molecule has 2 heterocycles. The topological polar surface area (TPSA) is 56.3 Å². The molecule has 0 spiro atoms. The van der Waals surface area contributed by atoms with E-state index in [4.69, 9.17) is 0 Å². The van der Waals surface area contributed by atoms with Crippen LogP contribution in [0.2, 0.25) is 0 Å². The Balaban J connectivity index is 0.000000596. The molecule has 1 aliphatic rings. The van der Waals surface area contributed by atoms with E-state index in [0.717, 1.165) is 43.2 Å². The van der Waals surface area contributed by atoms with Crippen LogP contribution in [0.5, 0.6) is 0 Å². The number of nitrogens with zero attached hydrogens (tertiary/aromatic N) is 4. The molecule has 0 amide bonds. The van der Waals surface area contributed by atoms with Gasteiger partial charge in [0.05, 0.1) is 0 Å². The van der Waals surface area contributed by atoms with Gasteiger partial charge in [0.25, 0.3) is 0 Å². The number of piperazine rings is 1. The van der Waals surface area contributed by atoms with Gasteiger partial charge in [-0.3, -0.25) is 0 Å². The molecule has 0 saturated carbocycles. The van der Waals surface area contributed by atoms with Crippen LogP contribution in [0, 0.1) is 6.92 Å². The molecule has 1 saturated heterocycles. The maximum Gasteiger partial charge on any atom is 0.229 e. The summed E-state index contributed by atoms with van der Waals surface area (Å²) in [5.41, 5.74) is 3.29. The van der Waals surface area contributed by atoms with Gasteiger partial charge in [0.15, 0.2) is 0 Å². The Kier molecular flexibility index (Phi) is 9.57. The van der Waals surface area contributed by atoms with Crippen LogP contribution in [-0.2, 0) is 0 Å². The Bertz CT molecular complexity index is 702. The highest BCUT2D eigenvalue weighted by molar-refractivity contribution is 8.65. The van der Waals surface area contributed by atoms with Gasteiger partial charge in [0, 0.05) is 56.4 Å². The van der Waals surface area contributed by atoms with Gasteiger partial charge in [-0.1, -0.05) is 0 Å². The number of rotatable bonds is 4. The van der Waals surface area contributed by atoms with Crippen LogP contribution in [0.25, 0.3) is 0 Å². The average Bonchev–Trinajstić information content (AvgIpc) is 2.64. The highest BCUT2D eigenvalue weighted by Gasteiger charge is 2.14. The fraction of sp³-hybridized carbons (Fsp3) is 0.412. The summed E-state index contributed by atoms with van der Waals surface area (Å²) < 4.78 is 0. The predicted molar refractivity (Wildman–Crippen MR) is 132 cm³/mol. The fourth-order valence-electron chi connectivity index (χ4n) is 2.70. The molecule has 10 heteroatoms. The standard InChI is InChI=1S/C17H24N6.H6P4/c1-13-12-19-17(21-16(13)18-2)20-14-4-6-15(7-5-14)23-10-8-22(3)9-11-23;1-4(2)3/h4-7,12H,8-11H2,1-3H3,(H2,18,19,20,21);1-3H2. The first-order chi connectivity index (χ1) is 12.9. The lowest BCUT2D eigenvalue weighted by molar-refractivity contribution is 0.313. The summed E-state index contributed by atoms with van der Waals surface area (Å²) >= 11 is 0. The third-order valence-corrected chi connectivity index (χ3v) is 4.20. The second-order valence-electron chi connectivity index (χ2n) is 6.38. The zero-order valence-electron chi connectivity index (χ0n) is 16.2. The number of likely N-dealkylation sites (N-methyl/N-ethyl adjacent to an activating group) is 1. The molecular weight excluding hydrogens is 412 g/mol. The van der Waals surface area contributed by atoms with Crippen molar-refractivity contribution >= 4 is 56.9 Å². The number of aromatic nitrogens is 2. The van der Waals surface area contributed by atoms with Crippen LogP contribution in [0.1, 0.15) is 5.56 Å². The van der Waals surface area contributed by atoms with E-state index in [1.165, 1.54) is 5.69 Å². The first-order valence-corrected chi connectivity index (χ1v) is 14.9. The van der Waals surface area contributed by atoms with Crippen LogP contribution in [0.4, 0.5) is 23.1 Å². The maximum absolute atomic E-state index is 4.46. The molecule has 0 aliphatic carbocycles. The summed E-state index contributed by atoms with van der Waals surface area (Å²) in [5.74, 6) is 1.45. The number of benzene rings is 1. The summed E-state index contributed by atoms with van der Waals surface area (Å²) in [7, 11) is 12.0. The minimum absolute atomic E-state index is 0.130. The van der Waals surface area contributed by atoms with Crippen molar-refractivity contribution in [1.29, 1.82) is 0 Å². The van der Waals surface area contributed by atoms with E-state index in [9.17, 15) is 0 Å². The van der Waals surface area contributed by atoms with E-state index >= 15 is 0 Å². The smallest absolute Gasteiger partial charge is 0.229 e. The summed E-state index contributed by atoms with van der Waals surface area (Å²) in [6, 6.07) is 8.47. The molecule has 0 bridgehead atoms. The molecule has 3 atom stereocenters. The van der Waals surface area contributed by atoms with Crippen molar-refractivity contribution in [2.75, 3.05) is 55.8 Å². The normalized spacial score (nSPS) is 14.6. The Morgan fingerprint density at radius 1 is 1.04 bits per heavy atom. The fourth-order valence-corrected chi connectivity index (χ4v) is 2.70. The van der Waals surface area contributed by atoms with Crippen LogP contribution < -0.4 is 15.5 Å². The van der Waals surface area contributed by atoms with E-state index in [-0.39, 0.29) is 6.99 Å². The van der Waals surface area contributed by atoms with E-state index in [1.54, 1.807) is 0 Å². The maximum atomic E-state index is 4.46. The molecule has 1 aromatic heterocycles. The lowest BCUT2D eigenvalue weighted by atomic mass is 10.2. The molecular formula is C17H30N6P4. The molecule has 3 rings (SSSR count). The van der Waals surface area contributed by atoms with Crippen LogP contribution in [-0.4, -0.2) is 55.1 Å². The summed E-state index contributed by atoms with van der Waals surface area (Å²) in [5, 5.41) is 6.33. The van der Waals surface area contributed by atoms with E-state index in [1.807, 2.05) is 20.2 Å². The zero-order valence-corrected chi connectivity index (χ0v) is 20.5. The van der Waals surface area contributed by atoms with Crippen molar-refractivity contribution in [2.24, 2.45) is 0 Å². The second-order valence-corrected chi connectivity index (χ2v) is 18.0. The largest absolute Gasteiger partial charge is 0.373 e. The minimum Gasteiger partial charge on any atom is -0.373 e. The van der Waals surface area contributed by atoms with Crippen molar-refractivity contribution < 1.29 is 0 Å². The van der Waals surface area contributed by atoms with Gasteiger partial charge in [0.1, 0.15) is 5.82 Å². The van der Waals surface area contributed by atoms with Crippen molar-refractivity contribution in [3.63, 3.8) is 0 Å². The molecule has 6 nitrogen and oxygen atoms in total. The van der Waals surface area contributed by atoms with Gasteiger partial charge in [-0.25, -0.2) is 4.98 Å². The minimum atomic E-state index is 0.130. The number of hydrogen-bond acceptors (Lipinski definition) is 6. The Morgan fingerprint density at radius 2 is 1.63 bits per heavy atom. The van der Waals surface area contributed by atoms with Gasteiger partial charge < -0.3 is 20.4 Å². The van der Waals surface area contributed by atoms with Gasteiger partial charge in [-0.05, 0) is 45.2 Å². The lowest BCUT2D eigenvalue weighted by Crippen LogP contribution is -2.44. The van der Waals surface area contributed by atoms with Gasteiger partial charge in [-0.15, -0.1) is 26.8 Å². The molecule has 0 radical (unpaired) electrons. The van der Waals surface area contributed by atoms with Gasteiger partial charge in [0.2, 0.25) is 5.95 Å². The average molecular weight is 442 g/mol. The molecule has 1 aliphatic heterocycles. The highest BCUT2D eigenvalue weighted by atomic mass is 32.7. The summed E-state index contributed by atoms with van der Waals surface area (Å²) in [6.45, 7) is 6.50. The molecule has 1 aromatic carbocycles. The van der Waals surface area contributed by atoms with Crippen LogP contribution in [0.15, 0.2) is 30.5 Å². The number of hydrogen-bond donors (Lipinski definition) is 2. The monoisotopic (exact) mass is 442 g/mol. The van der Waals surface area contributed by atoms with E-state index in [0.29, 0.717) is 5.95 Å². The summed E-state index contributed by atoms with van der Waals surface area (Å²) in [4.78, 5) is 13.6. The molecule has 148 valence electrons. The van der Waals surface area contributed by atoms with Gasteiger partial charge >= 0.3 is 0 Å². The molecule has 27 heavy (non-hydrogen) atoms. The van der Waals surface area contributed by atoms with Crippen LogP contribution in [0.3, 0.4) is 0 Å². The van der Waals surface area contributed by atoms with E-state index in [2.05, 4.69) is 88.5 Å². The zero-order chi connectivity index (χ0) is 19.8. The Labute approximate surface area is 170 Å². The molecule has 1 fully saturated rings.